The van der Waals surface area contributed by atoms with Crippen LogP contribution in [0.3, 0.4) is 0 Å². The molecule has 0 atom stereocenters. The van der Waals surface area contributed by atoms with Gasteiger partial charge in [0.15, 0.2) is 5.78 Å². The molecular formula is C12H7Cl3OS. The molecule has 0 aliphatic rings. The van der Waals surface area contributed by atoms with Crippen LogP contribution in [0, 0.1) is 6.92 Å². The number of hydrogen-bond donors (Lipinski definition) is 0. The Morgan fingerprint density at radius 3 is 2.47 bits per heavy atom. The molecule has 17 heavy (non-hydrogen) atoms. The fourth-order valence-corrected chi connectivity index (χ4v) is 3.13. The zero-order valence-corrected chi connectivity index (χ0v) is 11.8. The van der Waals surface area contributed by atoms with Crippen molar-refractivity contribution in [2.75, 3.05) is 0 Å². The van der Waals surface area contributed by atoms with E-state index < -0.39 is 0 Å². The molecule has 0 saturated carbocycles. The number of halogens is 3. The van der Waals surface area contributed by atoms with Crippen LogP contribution in [0.1, 0.15) is 21.5 Å². The molecule has 88 valence electrons. The molecule has 1 nitrogen and oxygen atoms in total. The first-order valence-electron chi connectivity index (χ1n) is 4.75. The smallest absolute Gasteiger partial charge is 0.195 e. The zero-order valence-electron chi connectivity index (χ0n) is 8.76. The molecule has 0 fully saturated rings. The molecule has 0 bridgehead atoms. The van der Waals surface area contributed by atoms with Gasteiger partial charge in [-0.05, 0) is 24.6 Å². The van der Waals surface area contributed by atoms with Crippen LogP contribution in [-0.2, 0) is 0 Å². The van der Waals surface area contributed by atoms with Gasteiger partial charge in [0, 0.05) is 10.6 Å². The highest BCUT2D eigenvalue weighted by atomic mass is 35.5. The predicted molar refractivity (Wildman–Crippen MR) is 74.0 cm³/mol. The van der Waals surface area contributed by atoms with Gasteiger partial charge in [0.1, 0.15) is 4.34 Å². The van der Waals surface area contributed by atoms with Gasteiger partial charge in [0.25, 0.3) is 0 Å². The van der Waals surface area contributed by atoms with Crippen LogP contribution in [0.15, 0.2) is 24.3 Å². The summed E-state index contributed by atoms with van der Waals surface area (Å²) in [7, 11) is 0. The normalized spacial score (nSPS) is 10.6. The highest BCUT2D eigenvalue weighted by Crippen LogP contribution is 2.33. The minimum atomic E-state index is -0.154. The van der Waals surface area contributed by atoms with Crippen LogP contribution in [0.5, 0.6) is 0 Å². The second kappa shape index (κ2) is 4.99. The van der Waals surface area contributed by atoms with E-state index >= 15 is 0 Å². The first-order chi connectivity index (χ1) is 8.00. The molecule has 2 aromatic rings. The van der Waals surface area contributed by atoms with Gasteiger partial charge in [-0.1, -0.05) is 46.9 Å². The van der Waals surface area contributed by atoms with E-state index in [1.807, 2.05) is 0 Å². The van der Waals surface area contributed by atoms with Crippen LogP contribution in [0.4, 0.5) is 0 Å². The van der Waals surface area contributed by atoms with Gasteiger partial charge in [0.2, 0.25) is 0 Å². The molecule has 1 aromatic carbocycles. The molecule has 1 heterocycles. The summed E-state index contributed by atoms with van der Waals surface area (Å²) in [6, 6.07) is 6.79. The maximum Gasteiger partial charge on any atom is 0.195 e. The van der Waals surface area contributed by atoms with Gasteiger partial charge < -0.3 is 0 Å². The topological polar surface area (TPSA) is 17.1 Å². The van der Waals surface area contributed by atoms with Gasteiger partial charge in [-0.2, -0.15) is 0 Å². The van der Waals surface area contributed by atoms with Gasteiger partial charge in [-0.25, -0.2) is 0 Å². The predicted octanol–water partition coefficient (Wildman–Crippen LogP) is 5.25. The summed E-state index contributed by atoms with van der Waals surface area (Å²) in [5.74, 6) is -0.154. The monoisotopic (exact) mass is 304 g/mol. The average molecular weight is 306 g/mol. The Kier molecular flexibility index (Phi) is 3.79. The van der Waals surface area contributed by atoms with E-state index in [1.165, 1.54) is 11.3 Å². The van der Waals surface area contributed by atoms with E-state index in [1.54, 1.807) is 31.2 Å². The maximum atomic E-state index is 12.3. The lowest BCUT2D eigenvalue weighted by atomic mass is 10.0. The Morgan fingerprint density at radius 2 is 1.88 bits per heavy atom. The minimum absolute atomic E-state index is 0.154. The van der Waals surface area contributed by atoms with Gasteiger partial charge in [0.05, 0.1) is 9.90 Å². The van der Waals surface area contributed by atoms with Crippen molar-refractivity contribution in [3.63, 3.8) is 0 Å². The molecule has 0 radical (unpaired) electrons. The van der Waals surface area contributed by atoms with Crippen molar-refractivity contribution in [3.05, 3.63) is 54.7 Å². The lowest BCUT2D eigenvalue weighted by Gasteiger charge is -2.05. The van der Waals surface area contributed by atoms with Crippen molar-refractivity contribution >= 4 is 51.9 Å². The third-order valence-corrected chi connectivity index (χ3v) is 4.31. The van der Waals surface area contributed by atoms with Crippen molar-refractivity contribution < 1.29 is 4.79 Å². The second-order valence-corrected chi connectivity index (χ2v) is 6.17. The summed E-state index contributed by atoms with van der Waals surface area (Å²) in [5, 5.41) is 0.563. The summed E-state index contributed by atoms with van der Waals surface area (Å²) in [6.45, 7) is 1.80. The third kappa shape index (κ3) is 2.50. The van der Waals surface area contributed by atoms with Crippen LogP contribution in [-0.4, -0.2) is 5.78 Å². The first kappa shape index (κ1) is 12.9. The van der Waals surface area contributed by atoms with Gasteiger partial charge in [-0.15, -0.1) is 11.3 Å². The van der Waals surface area contributed by atoms with Gasteiger partial charge >= 0.3 is 0 Å². The second-order valence-electron chi connectivity index (χ2n) is 3.48. The van der Waals surface area contributed by atoms with E-state index in [9.17, 15) is 4.79 Å². The molecule has 0 amide bonds. The number of benzene rings is 1. The Bertz CT molecular complexity index is 589. The molecule has 1 aromatic heterocycles. The van der Waals surface area contributed by atoms with Crippen molar-refractivity contribution in [1.29, 1.82) is 0 Å². The van der Waals surface area contributed by atoms with Crippen LogP contribution in [0.2, 0.25) is 13.7 Å². The van der Waals surface area contributed by atoms with E-state index in [4.69, 9.17) is 34.8 Å². The van der Waals surface area contributed by atoms with Crippen LogP contribution < -0.4 is 0 Å². The summed E-state index contributed by atoms with van der Waals surface area (Å²) >= 11 is 18.9. The largest absolute Gasteiger partial charge is 0.289 e. The van der Waals surface area contributed by atoms with Gasteiger partial charge in [-0.3, -0.25) is 4.79 Å². The van der Waals surface area contributed by atoms with Crippen LogP contribution in [0.25, 0.3) is 0 Å². The molecule has 0 aliphatic heterocycles. The standard InChI is InChI=1S/C12H7Cl3OS/c1-6-7(3-2-4-9(6)13)11(16)8-5-10(14)17-12(8)15/h2-5H,1H3. The molecule has 0 N–H and O–H groups in total. The SMILES string of the molecule is Cc1c(Cl)cccc1C(=O)c1cc(Cl)sc1Cl. The molecule has 5 heteroatoms. The van der Waals surface area contributed by atoms with E-state index in [0.29, 0.717) is 24.8 Å². The number of ketones is 1. The molecule has 0 aliphatic carbocycles. The Morgan fingerprint density at radius 1 is 1.18 bits per heavy atom. The average Bonchev–Trinajstić information content (AvgIpc) is 2.61. The van der Waals surface area contributed by atoms with E-state index in [2.05, 4.69) is 0 Å². The minimum Gasteiger partial charge on any atom is -0.289 e. The van der Waals surface area contributed by atoms with Crippen molar-refractivity contribution in [1.82, 2.24) is 0 Å². The fraction of sp³-hybridized carbons (Fsp3) is 0.0833. The van der Waals surface area contributed by atoms with Crippen molar-refractivity contribution in [3.8, 4) is 0 Å². The molecular weight excluding hydrogens is 299 g/mol. The first-order valence-corrected chi connectivity index (χ1v) is 6.70. The third-order valence-electron chi connectivity index (χ3n) is 2.41. The number of carbonyl (C=O) groups excluding carboxylic acids is 1. The summed E-state index contributed by atoms with van der Waals surface area (Å²) < 4.78 is 0.900. The summed E-state index contributed by atoms with van der Waals surface area (Å²) in [5.41, 5.74) is 1.72. The number of hydrogen-bond acceptors (Lipinski definition) is 2. The van der Waals surface area contributed by atoms with Crippen molar-refractivity contribution in [2.24, 2.45) is 0 Å². The van der Waals surface area contributed by atoms with Crippen LogP contribution >= 0.6 is 46.1 Å². The molecule has 0 saturated heterocycles. The lowest BCUT2D eigenvalue weighted by Crippen LogP contribution is -2.03. The summed E-state index contributed by atoms with van der Waals surface area (Å²) in [4.78, 5) is 12.3. The number of thiophene rings is 1. The highest BCUT2D eigenvalue weighted by Gasteiger charge is 2.18. The Labute approximate surface area is 118 Å². The lowest BCUT2D eigenvalue weighted by molar-refractivity contribution is 0.103. The molecule has 0 unspecified atom stereocenters. The van der Waals surface area contributed by atoms with E-state index in [0.717, 1.165) is 5.56 Å². The number of rotatable bonds is 2. The van der Waals surface area contributed by atoms with Crippen molar-refractivity contribution in [2.45, 2.75) is 6.92 Å². The molecule has 0 spiro atoms. The maximum absolute atomic E-state index is 12.3. The zero-order chi connectivity index (χ0) is 12.6. The fourth-order valence-electron chi connectivity index (χ4n) is 1.49. The summed E-state index contributed by atoms with van der Waals surface area (Å²) in [6.07, 6.45) is 0. The quantitative estimate of drug-likeness (QED) is 0.693. The number of carbonyl (C=O) groups is 1. The Balaban J connectivity index is 2.51. The van der Waals surface area contributed by atoms with E-state index in [-0.39, 0.29) is 5.78 Å². The highest BCUT2D eigenvalue weighted by molar-refractivity contribution is 7.20. The molecule has 2 rings (SSSR count). The Hall–Kier alpha value is -0.540.